The molecule has 0 unspecified atom stereocenters. The summed E-state index contributed by atoms with van der Waals surface area (Å²) < 4.78 is 15.5. The van der Waals surface area contributed by atoms with Crippen LogP contribution in [-0.4, -0.2) is 54.0 Å². The van der Waals surface area contributed by atoms with Crippen LogP contribution >= 0.6 is 12.4 Å². The number of amides is 1. The van der Waals surface area contributed by atoms with E-state index in [0.717, 1.165) is 5.69 Å². The van der Waals surface area contributed by atoms with Gasteiger partial charge in [0.05, 0.1) is 27.4 Å². The van der Waals surface area contributed by atoms with E-state index in [9.17, 15) is 4.79 Å². The Labute approximate surface area is 131 Å². The molecule has 0 aliphatic carbocycles. The predicted octanol–water partition coefficient (Wildman–Crippen LogP) is 1.32. The van der Waals surface area contributed by atoms with Crippen LogP contribution in [0.2, 0.25) is 0 Å². The fourth-order valence-electron chi connectivity index (χ4n) is 1.82. The van der Waals surface area contributed by atoms with Crippen molar-refractivity contribution in [2.75, 3.05) is 53.0 Å². The molecule has 1 amide bonds. The number of hydrogen-bond donors (Lipinski definition) is 1. The van der Waals surface area contributed by atoms with Crippen LogP contribution in [0.3, 0.4) is 0 Å². The average molecular weight is 319 g/mol. The number of methoxy groups -OCH3 is 3. The number of likely N-dealkylation sites (N-methyl/N-ethyl adjacent to an activating group) is 1. The van der Waals surface area contributed by atoms with Gasteiger partial charge in [-0.3, -0.25) is 4.79 Å². The van der Waals surface area contributed by atoms with E-state index in [1.54, 1.807) is 45.4 Å². The molecule has 1 aromatic carbocycles. The van der Waals surface area contributed by atoms with Crippen molar-refractivity contribution in [3.05, 3.63) is 18.2 Å². The van der Waals surface area contributed by atoms with Crippen LogP contribution in [-0.2, 0) is 9.53 Å². The Morgan fingerprint density at radius 2 is 1.86 bits per heavy atom. The molecule has 0 aromatic heterocycles. The first-order valence-corrected chi connectivity index (χ1v) is 6.33. The minimum atomic E-state index is -0.0308. The van der Waals surface area contributed by atoms with E-state index >= 15 is 0 Å². The number of carbonyl (C=O) groups is 1. The standard InChI is InChI=1S/C14H22N2O4.ClH/c1-15-10-14(17)16(7-8-18-2)11-5-6-12(19-3)13(9-11)20-4;/h5-6,9,15H,7-8,10H2,1-4H3;1H. The summed E-state index contributed by atoms with van der Waals surface area (Å²) in [5.74, 6) is 1.19. The Morgan fingerprint density at radius 1 is 1.19 bits per heavy atom. The molecule has 1 aromatic rings. The monoisotopic (exact) mass is 318 g/mol. The molecule has 0 saturated heterocycles. The maximum absolute atomic E-state index is 12.1. The largest absolute Gasteiger partial charge is 0.493 e. The lowest BCUT2D eigenvalue weighted by Crippen LogP contribution is -2.39. The van der Waals surface area contributed by atoms with E-state index < -0.39 is 0 Å². The first-order chi connectivity index (χ1) is 9.67. The molecule has 0 spiro atoms. The van der Waals surface area contributed by atoms with E-state index in [2.05, 4.69) is 5.32 Å². The number of nitrogens with one attached hydrogen (secondary N) is 1. The van der Waals surface area contributed by atoms with Crippen LogP contribution in [0.15, 0.2) is 18.2 Å². The zero-order valence-corrected chi connectivity index (χ0v) is 13.7. The van der Waals surface area contributed by atoms with E-state index in [-0.39, 0.29) is 24.9 Å². The highest BCUT2D eigenvalue weighted by atomic mass is 35.5. The Hall–Kier alpha value is -1.50. The Morgan fingerprint density at radius 3 is 2.38 bits per heavy atom. The quantitative estimate of drug-likeness (QED) is 0.783. The van der Waals surface area contributed by atoms with Crippen molar-refractivity contribution in [1.82, 2.24) is 5.32 Å². The van der Waals surface area contributed by atoms with E-state index in [1.165, 1.54) is 0 Å². The Balaban J connectivity index is 0.00000400. The molecule has 0 saturated carbocycles. The summed E-state index contributed by atoms with van der Waals surface area (Å²) in [4.78, 5) is 13.8. The second kappa shape index (κ2) is 10.3. The lowest BCUT2D eigenvalue weighted by molar-refractivity contribution is -0.117. The zero-order valence-electron chi connectivity index (χ0n) is 12.8. The molecule has 0 heterocycles. The summed E-state index contributed by atoms with van der Waals surface area (Å²) in [5, 5.41) is 2.86. The van der Waals surface area contributed by atoms with Crippen molar-refractivity contribution in [3.63, 3.8) is 0 Å². The SMILES string of the molecule is CNCC(=O)N(CCOC)c1ccc(OC)c(OC)c1.Cl. The van der Waals surface area contributed by atoms with E-state index in [4.69, 9.17) is 14.2 Å². The molecular formula is C14H23ClN2O4. The van der Waals surface area contributed by atoms with Gasteiger partial charge in [-0.1, -0.05) is 0 Å². The Bertz CT molecular complexity index is 443. The maximum atomic E-state index is 12.1. The number of carbonyl (C=O) groups excluding carboxylic acids is 1. The maximum Gasteiger partial charge on any atom is 0.241 e. The van der Waals surface area contributed by atoms with Gasteiger partial charge < -0.3 is 24.4 Å². The van der Waals surface area contributed by atoms with Crippen LogP contribution in [0.4, 0.5) is 5.69 Å². The minimum absolute atomic E-state index is 0. The number of hydrogen-bond acceptors (Lipinski definition) is 5. The second-order valence-electron chi connectivity index (χ2n) is 4.11. The van der Waals surface area contributed by atoms with Gasteiger partial charge in [-0.15, -0.1) is 12.4 Å². The minimum Gasteiger partial charge on any atom is -0.493 e. The van der Waals surface area contributed by atoms with Gasteiger partial charge in [0.2, 0.25) is 5.91 Å². The molecule has 1 rings (SSSR count). The highest BCUT2D eigenvalue weighted by molar-refractivity contribution is 5.95. The lowest BCUT2D eigenvalue weighted by Gasteiger charge is -2.23. The van der Waals surface area contributed by atoms with Gasteiger partial charge in [0.1, 0.15) is 0 Å². The van der Waals surface area contributed by atoms with Gasteiger partial charge in [0.25, 0.3) is 0 Å². The molecule has 120 valence electrons. The molecule has 0 fully saturated rings. The van der Waals surface area contributed by atoms with Crippen molar-refractivity contribution in [2.24, 2.45) is 0 Å². The molecule has 0 bridgehead atoms. The van der Waals surface area contributed by atoms with Crippen molar-refractivity contribution in [1.29, 1.82) is 0 Å². The average Bonchev–Trinajstić information content (AvgIpc) is 2.47. The molecule has 0 aliphatic rings. The summed E-state index contributed by atoms with van der Waals surface area (Å²) in [6.45, 7) is 1.20. The first-order valence-electron chi connectivity index (χ1n) is 6.33. The van der Waals surface area contributed by atoms with E-state index in [1.807, 2.05) is 6.07 Å². The molecule has 7 heteroatoms. The molecule has 0 aliphatic heterocycles. The van der Waals surface area contributed by atoms with Crippen molar-refractivity contribution < 1.29 is 19.0 Å². The second-order valence-corrected chi connectivity index (χ2v) is 4.11. The fourth-order valence-corrected chi connectivity index (χ4v) is 1.82. The number of ether oxygens (including phenoxy) is 3. The Kier molecular flexibility index (Phi) is 9.53. The number of anilines is 1. The predicted molar refractivity (Wildman–Crippen MR) is 84.9 cm³/mol. The highest BCUT2D eigenvalue weighted by Gasteiger charge is 2.16. The highest BCUT2D eigenvalue weighted by Crippen LogP contribution is 2.31. The fraction of sp³-hybridized carbons (Fsp3) is 0.500. The smallest absolute Gasteiger partial charge is 0.241 e. The molecule has 6 nitrogen and oxygen atoms in total. The summed E-state index contributed by atoms with van der Waals surface area (Å²) in [6, 6.07) is 5.38. The van der Waals surface area contributed by atoms with E-state index in [0.29, 0.717) is 24.7 Å². The summed E-state index contributed by atoms with van der Waals surface area (Å²) in [5.41, 5.74) is 0.750. The third-order valence-corrected chi connectivity index (χ3v) is 2.83. The summed E-state index contributed by atoms with van der Waals surface area (Å²) in [6.07, 6.45) is 0. The van der Waals surface area contributed by atoms with Crippen LogP contribution in [0.5, 0.6) is 11.5 Å². The van der Waals surface area contributed by atoms with Gasteiger partial charge in [-0.25, -0.2) is 0 Å². The van der Waals surface area contributed by atoms with Gasteiger partial charge in [-0.2, -0.15) is 0 Å². The molecule has 0 atom stereocenters. The summed E-state index contributed by atoms with van der Waals surface area (Å²) >= 11 is 0. The van der Waals surface area contributed by atoms with Gasteiger partial charge in [0.15, 0.2) is 11.5 Å². The molecule has 21 heavy (non-hydrogen) atoms. The lowest BCUT2D eigenvalue weighted by atomic mass is 10.2. The number of nitrogens with zero attached hydrogens (tertiary/aromatic N) is 1. The summed E-state index contributed by atoms with van der Waals surface area (Å²) in [7, 11) is 6.49. The van der Waals surface area contributed by atoms with Crippen molar-refractivity contribution in [3.8, 4) is 11.5 Å². The molecule has 1 N–H and O–H groups in total. The topological polar surface area (TPSA) is 60.0 Å². The zero-order chi connectivity index (χ0) is 15.0. The third kappa shape index (κ3) is 5.41. The van der Waals surface area contributed by atoms with Crippen LogP contribution < -0.4 is 19.7 Å². The van der Waals surface area contributed by atoms with Crippen molar-refractivity contribution in [2.45, 2.75) is 0 Å². The van der Waals surface area contributed by atoms with Gasteiger partial charge in [0, 0.05) is 25.4 Å². The number of benzene rings is 1. The molecular weight excluding hydrogens is 296 g/mol. The van der Waals surface area contributed by atoms with Gasteiger partial charge >= 0.3 is 0 Å². The third-order valence-electron chi connectivity index (χ3n) is 2.83. The molecule has 0 radical (unpaired) electrons. The number of halogens is 1. The van der Waals surface area contributed by atoms with Crippen LogP contribution in [0.25, 0.3) is 0 Å². The first kappa shape index (κ1) is 19.5. The van der Waals surface area contributed by atoms with Crippen molar-refractivity contribution >= 4 is 24.0 Å². The van der Waals surface area contributed by atoms with Gasteiger partial charge in [-0.05, 0) is 19.2 Å². The van der Waals surface area contributed by atoms with Crippen LogP contribution in [0.1, 0.15) is 0 Å². The number of rotatable bonds is 8. The normalized spacial score (nSPS) is 9.71. The van der Waals surface area contributed by atoms with Crippen LogP contribution in [0, 0.1) is 0 Å².